The lowest BCUT2D eigenvalue weighted by atomic mass is 10.2. The SMILES string of the molecule is COc1cccc(CSc2nnc(CNC(=O)c3ccccc3)n2-c2cc(Cl)ccc2C)c1. The Hall–Kier alpha value is -3.29. The maximum Gasteiger partial charge on any atom is 0.251 e. The fraction of sp³-hybridized carbons (Fsp3) is 0.160. The maximum atomic E-state index is 12.6. The van der Waals surface area contributed by atoms with Gasteiger partial charge in [-0.1, -0.05) is 59.8 Å². The number of thioether (sulfide) groups is 1. The van der Waals surface area contributed by atoms with Crippen molar-refractivity contribution in [3.63, 3.8) is 0 Å². The molecule has 0 bridgehead atoms. The predicted octanol–water partition coefficient (Wildman–Crippen LogP) is 5.46. The van der Waals surface area contributed by atoms with Gasteiger partial charge in [0.15, 0.2) is 11.0 Å². The zero-order chi connectivity index (χ0) is 23.2. The number of nitrogens with zero attached hydrogens (tertiary/aromatic N) is 3. The molecule has 1 aromatic heterocycles. The molecule has 168 valence electrons. The lowest BCUT2D eigenvalue weighted by Crippen LogP contribution is -2.24. The summed E-state index contributed by atoms with van der Waals surface area (Å²) in [6.07, 6.45) is 0. The number of aryl methyl sites for hydroxylation is 1. The largest absolute Gasteiger partial charge is 0.497 e. The van der Waals surface area contributed by atoms with Gasteiger partial charge in [0.05, 0.1) is 19.3 Å². The molecule has 0 saturated heterocycles. The summed E-state index contributed by atoms with van der Waals surface area (Å²) < 4.78 is 7.28. The summed E-state index contributed by atoms with van der Waals surface area (Å²) in [6.45, 7) is 2.24. The average Bonchev–Trinajstić information content (AvgIpc) is 3.26. The topological polar surface area (TPSA) is 69.0 Å². The number of benzene rings is 3. The van der Waals surface area contributed by atoms with Gasteiger partial charge in [-0.05, 0) is 54.4 Å². The Balaban J connectivity index is 1.61. The molecule has 0 saturated carbocycles. The van der Waals surface area contributed by atoms with E-state index in [4.69, 9.17) is 16.3 Å². The lowest BCUT2D eigenvalue weighted by molar-refractivity contribution is 0.0949. The third-order valence-corrected chi connectivity index (χ3v) is 6.29. The molecular formula is C25H23ClN4O2S. The molecule has 1 heterocycles. The van der Waals surface area contributed by atoms with Gasteiger partial charge in [-0.15, -0.1) is 10.2 Å². The molecule has 0 aliphatic carbocycles. The number of nitrogens with one attached hydrogen (secondary N) is 1. The predicted molar refractivity (Wildman–Crippen MR) is 131 cm³/mol. The molecule has 1 amide bonds. The number of carbonyl (C=O) groups is 1. The number of halogens is 1. The molecule has 0 atom stereocenters. The fourth-order valence-corrected chi connectivity index (χ4v) is 4.41. The Kier molecular flexibility index (Phi) is 7.32. The Morgan fingerprint density at radius 2 is 1.88 bits per heavy atom. The minimum atomic E-state index is -0.168. The van der Waals surface area contributed by atoms with E-state index in [1.807, 2.05) is 72.2 Å². The Bertz CT molecular complexity index is 1260. The van der Waals surface area contributed by atoms with Gasteiger partial charge in [0, 0.05) is 16.3 Å². The summed E-state index contributed by atoms with van der Waals surface area (Å²) in [5.74, 6) is 1.95. The van der Waals surface area contributed by atoms with Crippen LogP contribution in [0.5, 0.6) is 5.75 Å². The van der Waals surface area contributed by atoms with Crippen molar-refractivity contribution in [3.8, 4) is 11.4 Å². The van der Waals surface area contributed by atoms with Crippen molar-refractivity contribution >= 4 is 29.3 Å². The van der Waals surface area contributed by atoms with Gasteiger partial charge >= 0.3 is 0 Å². The third kappa shape index (κ3) is 5.56. The maximum absolute atomic E-state index is 12.6. The second-order valence-corrected chi connectivity index (χ2v) is 8.73. The van der Waals surface area contributed by atoms with Gasteiger partial charge < -0.3 is 10.1 Å². The van der Waals surface area contributed by atoms with Crippen LogP contribution >= 0.6 is 23.4 Å². The van der Waals surface area contributed by atoms with Gasteiger partial charge in [0.2, 0.25) is 0 Å². The molecule has 0 unspecified atom stereocenters. The summed E-state index contributed by atoms with van der Waals surface area (Å²) in [7, 11) is 1.65. The lowest BCUT2D eigenvalue weighted by Gasteiger charge is -2.14. The number of rotatable bonds is 8. The van der Waals surface area contributed by atoms with E-state index < -0.39 is 0 Å². The monoisotopic (exact) mass is 478 g/mol. The van der Waals surface area contributed by atoms with Crippen molar-refractivity contribution in [2.24, 2.45) is 0 Å². The van der Waals surface area contributed by atoms with E-state index in [1.54, 1.807) is 31.0 Å². The van der Waals surface area contributed by atoms with Crippen molar-refractivity contribution in [2.45, 2.75) is 24.4 Å². The highest BCUT2D eigenvalue weighted by Crippen LogP contribution is 2.29. The Morgan fingerprint density at radius 3 is 2.67 bits per heavy atom. The van der Waals surface area contributed by atoms with Gasteiger partial charge in [-0.25, -0.2) is 0 Å². The summed E-state index contributed by atoms with van der Waals surface area (Å²) in [5.41, 5.74) is 3.61. The molecule has 8 heteroatoms. The third-order valence-electron chi connectivity index (χ3n) is 5.06. The summed E-state index contributed by atoms with van der Waals surface area (Å²) in [4.78, 5) is 12.6. The smallest absolute Gasteiger partial charge is 0.251 e. The van der Waals surface area contributed by atoms with E-state index in [1.165, 1.54) is 0 Å². The minimum Gasteiger partial charge on any atom is -0.497 e. The summed E-state index contributed by atoms with van der Waals surface area (Å²) in [5, 5.41) is 13.1. The Morgan fingerprint density at radius 1 is 1.06 bits per heavy atom. The van der Waals surface area contributed by atoms with Crippen LogP contribution in [0.25, 0.3) is 5.69 Å². The van der Waals surface area contributed by atoms with Gasteiger partial charge in [0.1, 0.15) is 5.75 Å². The van der Waals surface area contributed by atoms with Crippen molar-refractivity contribution in [1.82, 2.24) is 20.1 Å². The molecule has 4 rings (SSSR count). The van der Waals surface area contributed by atoms with Crippen LogP contribution in [0.4, 0.5) is 0 Å². The van der Waals surface area contributed by atoms with E-state index in [2.05, 4.69) is 15.5 Å². The molecule has 0 spiro atoms. The molecule has 33 heavy (non-hydrogen) atoms. The summed E-state index contributed by atoms with van der Waals surface area (Å²) in [6, 6.07) is 22.7. The quantitative estimate of drug-likeness (QED) is 0.340. The first kappa shape index (κ1) is 22.9. The standard InChI is InChI=1S/C25H23ClN4O2S/c1-17-11-12-20(26)14-22(17)30-23(15-27-24(31)19-8-4-3-5-9-19)28-29-25(30)33-16-18-7-6-10-21(13-18)32-2/h3-14H,15-16H2,1-2H3,(H,27,31). The zero-order valence-electron chi connectivity index (χ0n) is 18.3. The van der Waals surface area contributed by atoms with Crippen LogP contribution in [-0.4, -0.2) is 27.8 Å². The molecule has 3 aromatic carbocycles. The summed E-state index contributed by atoms with van der Waals surface area (Å²) >= 11 is 7.87. The normalized spacial score (nSPS) is 10.8. The first-order valence-corrected chi connectivity index (χ1v) is 11.7. The van der Waals surface area contributed by atoms with Crippen molar-refractivity contribution in [3.05, 3.63) is 100 Å². The average molecular weight is 479 g/mol. The minimum absolute atomic E-state index is 0.168. The first-order chi connectivity index (χ1) is 16.0. The molecule has 0 aliphatic rings. The van der Waals surface area contributed by atoms with Crippen LogP contribution < -0.4 is 10.1 Å². The molecule has 1 N–H and O–H groups in total. The number of ether oxygens (including phenoxy) is 1. The highest BCUT2D eigenvalue weighted by Gasteiger charge is 2.18. The van der Waals surface area contributed by atoms with Gasteiger partial charge in [0.25, 0.3) is 5.91 Å². The number of hydrogen-bond acceptors (Lipinski definition) is 5. The van der Waals surface area contributed by atoms with E-state index in [0.29, 0.717) is 27.3 Å². The number of carbonyl (C=O) groups excluding carboxylic acids is 1. The van der Waals surface area contributed by atoms with Crippen LogP contribution in [0.15, 0.2) is 78.0 Å². The van der Waals surface area contributed by atoms with Crippen molar-refractivity contribution in [2.75, 3.05) is 7.11 Å². The highest BCUT2D eigenvalue weighted by molar-refractivity contribution is 7.98. The first-order valence-electron chi connectivity index (χ1n) is 10.3. The molecule has 4 aromatic rings. The number of methoxy groups -OCH3 is 1. The van der Waals surface area contributed by atoms with E-state index in [0.717, 1.165) is 22.6 Å². The molecule has 0 aliphatic heterocycles. The van der Waals surface area contributed by atoms with Crippen LogP contribution in [0.3, 0.4) is 0 Å². The second kappa shape index (κ2) is 10.6. The van der Waals surface area contributed by atoms with Crippen LogP contribution in [0.2, 0.25) is 5.02 Å². The molecule has 6 nitrogen and oxygen atoms in total. The molecule has 0 radical (unpaired) electrons. The van der Waals surface area contributed by atoms with E-state index in [9.17, 15) is 4.79 Å². The second-order valence-electron chi connectivity index (χ2n) is 7.35. The number of amides is 1. The van der Waals surface area contributed by atoms with Crippen molar-refractivity contribution < 1.29 is 9.53 Å². The zero-order valence-corrected chi connectivity index (χ0v) is 19.9. The van der Waals surface area contributed by atoms with Gasteiger partial charge in [-0.2, -0.15) is 0 Å². The van der Waals surface area contributed by atoms with E-state index in [-0.39, 0.29) is 12.5 Å². The van der Waals surface area contributed by atoms with Crippen LogP contribution in [0.1, 0.15) is 27.3 Å². The number of aromatic nitrogens is 3. The molecular weight excluding hydrogens is 456 g/mol. The van der Waals surface area contributed by atoms with Crippen LogP contribution in [0, 0.1) is 6.92 Å². The highest BCUT2D eigenvalue weighted by atomic mass is 35.5. The molecule has 0 fully saturated rings. The van der Waals surface area contributed by atoms with Crippen LogP contribution in [-0.2, 0) is 12.3 Å². The van der Waals surface area contributed by atoms with Gasteiger partial charge in [-0.3, -0.25) is 9.36 Å². The van der Waals surface area contributed by atoms with Crippen molar-refractivity contribution in [1.29, 1.82) is 0 Å². The Labute approximate surface area is 202 Å². The fourth-order valence-electron chi connectivity index (χ4n) is 3.33. The number of hydrogen-bond donors (Lipinski definition) is 1. The van der Waals surface area contributed by atoms with E-state index >= 15 is 0 Å².